The molecule has 0 radical (unpaired) electrons. The van der Waals surface area contributed by atoms with E-state index in [2.05, 4.69) is 44.3 Å². The molecule has 7 heteroatoms. The predicted octanol–water partition coefficient (Wildman–Crippen LogP) is 1.61. The molecule has 0 amide bonds. The molecular formula is C15H19N7. The van der Waals surface area contributed by atoms with Crippen molar-refractivity contribution in [2.24, 2.45) is 0 Å². The monoisotopic (exact) mass is 297 g/mol. The van der Waals surface area contributed by atoms with Gasteiger partial charge in [0.05, 0.1) is 18.8 Å². The number of nitrogens with zero attached hydrogens (tertiary/aromatic N) is 7. The van der Waals surface area contributed by atoms with Crippen molar-refractivity contribution in [1.82, 2.24) is 29.4 Å². The summed E-state index contributed by atoms with van der Waals surface area (Å²) in [6, 6.07) is 2.52. The Morgan fingerprint density at radius 2 is 2.18 bits per heavy atom. The maximum Gasteiger partial charge on any atom is 0.254 e. The summed E-state index contributed by atoms with van der Waals surface area (Å²) in [6.07, 6.45) is 7.91. The molecule has 4 rings (SSSR count). The number of aryl methyl sites for hydroxylation is 2. The highest BCUT2D eigenvalue weighted by molar-refractivity contribution is 5.48. The van der Waals surface area contributed by atoms with E-state index in [4.69, 9.17) is 0 Å². The van der Waals surface area contributed by atoms with Crippen LogP contribution in [0.1, 0.15) is 24.1 Å². The van der Waals surface area contributed by atoms with Crippen molar-refractivity contribution in [1.29, 1.82) is 0 Å². The molecule has 1 fully saturated rings. The van der Waals surface area contributed by atoms with Crippen molar-refractivity contribution >= 4 is 11.6 Å². The topological polar surface area (TPSA) is 64.1 Å². The highest BCUT2D eigenvalue weighted by atomic mass is 15.4. The molecule has 4 heterocycles. The Hall–Kier alpha value is -2.44. The van der Waals surface area contributed by atoms with Crippen LogP contribution in [0, 0.1) is 13.8 Å². The molecule has 1 atom stereocenters. The minimum absolute atomic E-state index is 0.425. The summed E-state index contributed by atoms with van der Waals surface area (Å²) >= 11 is 0. The molecule has 0 unspecified atom stereocenters. The number of fused-ring (bicyclic) bond motifs is 1. The normalized spacial score (nSPS) is 18.5. The van der Waals surface area contributed by atoms with E-state index in [1.54, 1.807) is 6.33 Å². The standard InChI is InChI=1S/C15H19N7/c1-11-7-17-20(8-11)9-13-4-3-5-21(13)14-6-12(2)19-15-16-10-18-22(14)15/h6-8,10,13H,3-5,9H2,1-2H3/t13-/m0/s1. The second-order valence-corrected chi connectivity index (χ2v) is 5.96. The van der Waals surface area contributed by atoms with E-state index in [9.17, 15) is 0 Å². The Bertz CT molecular complexity index is 803. The average Bonchev–Trinajstić information content (AvgIpc) is 3.19. The number of hydrogen-bond acceptors (Lipinski definition) is 5. The maximum atomic E-state index is 4.43. The molecular weight excluding hydrogens is 278 g/mol. The molecule has 0 N–H and O–H groups in total. The van der Waals surface area contributed by atoms with Gasteiger partial charge in [-0.15, -0.1) is 0 Å². The highest BCUT2D eigenvalue weighted by Crippen LogP contribution is 2.26. The molecule has 0 saturated carbocycles. The third-order valence-corrected chi connectivity index (χ3v) is 4.19. The Kier molecular flexibility index (Phi) is 3.06. The number of rotatable bonds is 3. The molecule has 3 aromatic heterocycles. The van der Waals surface area contributed by atoms with Gasteiger partial charge in [0.25, 0.3) is 5.78 Å². The van der Waals surface area contributed by atoms with E-state index < -0.39 is 0 Å². The molecule has 0 aliphatic carbocycles. The molecule has 1 aliphatic heterocycles. The van der Waals surface area contributed by atoms with E-state index in [1.807, 2.05) is 22.3 Å². The summed E-state index contributed by atoms with van der Waals surface area (Å²) in [4.78, 5) is 11.1. The first kappa shape index (κ1) is 13.2. The fourth-order valence-corrected chi connectivity index (χ4v) is 3.23. The highest BCUT2D eigenvalue weighted by Gasteiger charge is 2.27. The molecule has 0 spiro atoms. The molecule has 3 aromatic rings. The van der Waals surface area contributed by atoms with Gasteiger partial charge in [0.1, 0.15) is 12.1 Å². The van der Waals surface area contributed by atoms with Gasteiger partial charge in [0.15, 0.2) is 0 Å². The first-order chi connectivity index (χ1) is 10.7. The van der Waals surface area contributed by atoms with Gasteiger partial charge in [0.2, 0.25) is 0 Å². The SMILES string of the molecule is Cc1cnn(C[C@@H]2CCCN2c2cc(C)nc3ncnn23)c1. The molecule has 7 nitrogen and oxygen atoms in total. The van der Waals surface area contributed by atoms with E-state index in [-0.39, 0.29) is 0 Å². The molecule has 114 valence electrons. The molecule has 0 bridgehead atoms. The van der Waals surface area contributed by atoms with Gasteiger partial charge >= 0.3 is 0 Å². The third-order valence-electron chi connectivity index (χ3n) is 4.19. The minimum Gasteiger partial charge on any atom is -0.352 e. The van der Waals surface area contributed by atoms with Crippen LogP contribution in [0.4, 0.5) is 5.82 Å². The fourth-order valence-electron chi connectivity index (χ4n) is 3.23. The molecule has 22 heavy (non-hydrogen) atoms. The first-order valence-electron chi connectivity index (χ1n) is 7.64. The predicted molar refractivity (Wildman–Crippen MR) is 82.9 cm³/mol. The van der Waals surface area contributed by atoms with Crippen LogP contribution in [0.5, 0.6) is 0 Å². The van der Waals surface area contributed by atoms with Gasteiger partial charge in [-0.05, 0) is 32.3 Å². The van der Waals surface area contributed by atoms with Crippen LogP contribution >= 0.6 is 0 Å². The molecule has 0 aromatic carbocycles. The number of anilines is 1. The summed E-state index contributed by atoms with van der Waals surface area (Å²) in [6.45, 7) is 6.00. The van der Waals surface area contributed by atoms with E-state index in [0.29, 0.717) is 11.8 Å². The van der Waals surface area contributed by atoms with Crippen LogP contribution in [-0.4, -0.2) is 41.9 Å². The van der Waals surface area contributed by atoms with E-state index >= 15 is 0 Å². The minimum atomic E-state index is 0.425. The quantitative estimate of drug-likeness (QED) is 0.735. The number of aromatic nitrogens is 6. The Morgan fingerprint density at radius 3 is 3.00 bits per heavy atom. The molecule has 1 saturated heterocycles. The van der Waals surface area contributed by atoms with Gasteiger partial charge in [-0.1, -0.05) is 0 Å². The van der Waals surface area contributed by atoms with Crippen molar-refractivity contribution in [3.8, 4) is 0 Å². The zero-order chi connectivity index (χ0) is 15.1. The number of hydrogen-bond donors (Lipinski definition) is 0. The Morgan fingerprint density at radius 1 is 1.27 bits per heavy atom. The van der Waals surface area contributed by atoms with Crippen molar-refractivity contribution in [3.63, 3.8) is 0 Å². The Balaban J connectivity index is 1.68. The van der Waals surface area contributed by atoms with Gasteiger partial charge in [-0.2, -0.15) is 19.7 Å². The maximum absolute atomic E-state index is 4.43. The first-order valence-corrected chi connectivity index (χ1v) is 7.64. The van der Waals surface area contributed by atoms with Crippen LogP contribution in [0.25, 0.3) is 5.78 Å². The van der Waals surface area contributed by atoms with Crippen molar-refractivity contribution < 1.29 is 0 Å². The zero-order valence-electron chi connectivity index (χ0n) is 12.8. The largest absolute Gasteiger partial charge is 0.352 e. The summed E-state index contributed by atoms with van der Waals surface area (Å²) in [5.41, 5.74) is 2.17. The second-order valence-electron chi connectivity index (χ2n) is 5.96. The summed E-state index contributed by atoms with van der Waals surface area (Å²) in [5.74, 6) is 1.74. The van der Waals surface area contributed by atoms with Gasteiger partial charge in [0, 0.05) is 24.5 Å². The smallest absolute Gasteiger partial charge is 0.254 e. The lowest BCUT2D eigenvalue weighted by atomic mass is 10.2. The van der Waals surface area contributed by atoms with Gasteiger partial charge in [-0.25, -0.2) is 4.98 Å². The lowest BCUT2D eigenvalue weighted by Gasteiger charge is -2.27. The lowest BCUT2D eigenvalue weighted by Crippen LogP contribution is -2.34. The van der Waals surface area contributed by atoms with Gasteiger partial charge in [-0.3, -0.25) is 4.68 Å². The second kappa shape index (κ2) is 5.08. The van der Waals surface area contributed by atoms with Gasteiger partial charge < -0.3 is 4.90 Å². The van der Waals surface area contributed by atoms with E-state index in [1.165, 1.54) is 12.0 Å². The van der Waals surface area contributed by atoms with Crippen LogP contribution in [0.15, 0.2) is 24.8 Å². The summed E-state index contributed by atoms with van der Waals surface area (Å²) < 4.78 is 3.87. The average molecular weight is 297 g/mol. The van der Waals surface area contributed by atoms with Crippen LogP contribution in [-0.2, 0) is 6.54 Å². The third kappa shape index (κ3) is 2.22. The van der Waals surface area contributed by atoms with E-state index in [0.717, 1.165) is 31.0 Å². The molecule has 1 aliphatic rings. The van der Waals surface area contributed by atoms with Crippen molar-refractivity contribution in [2.45, 2.75) is 39.3 Å². The van der Waals surface area contributed by atoms with Crippen LogP contribution in [0.3, 0.4) is 0 Å². The lowest BCUT2D eigenvalue weighted by molar-refractivity contribution is 0.505. The van der Waals surface area contributed by atoms with Crippen LogP contribution in [0.2, 0.25) is 0 Å². The summed E-state index contributed by atoms with van der Waals surface area (Å²) in [7, 11) is 0. The van der Waals surface area contributed by atoms with Crippen molar-refractivity contribution in [3.05, 3.63) is 36.0 Å². The zero-order valence-corrected chi connectivity index (χ0v) is 12.8. The van der Waals surface area contributed by atoms with Crippen molar-refractivity contribution in [2.75, 3.05) is 11.4 Å². The van der Waals surface area contributed by atoms with Crippen LogP contribution < -0.4 is 4.90 Å². The summed E-state index contributed by atoms with van der Waals surface area (Å²) in [5, 5.41) is 8.75. The fraction of sp³-hybridized carbons (Fsp3) is 0.467. The Labute approximate surface area is 128 Å².